The second-order valence-corrected chi connectivity index (χ2v) is 4.04. The van der Waals surface area contributed by atoms with Gasteiger partial charge in [-0.3, -0.25) is 4.68 Å². The summed E-state index contributed by atoms with van der Waals surface area (Å²) in [5, 5.41) is 16.1. The number of carbonyl (C=O) groups is 1. The van der Waals surface area contributed by atoms with Crippen LogP contribution in [0.15, 0.2) is 10.6 Å². The first kappa shape index (κ1) is 13.2. The lowest BCUT2D eigenvalue weighted by atomic mass is 10.2. The quantitative estimate of drug-likeness (QED) is 0.921. The zero-order valence-corrected chi connectivity index (χ0v) is 10.2. The van der Waals surface area contributed by atoms with Gasteiger partial charge < -0.3 is 9.63 Å². The molecule has 0 radical (unpaired) electrons. The van der Waals surface area contributed by atoms with Crippen LogP contribution in [0.25, 0.3) is 0 Å². The van der Waals surface area contributed by atoms with E-state index in [2.05, 4.69) is 10.3 Å². The normalized spacial score (nSPS) is 11.2. The SMILES string of the molecule is Cc1onc(C(=O)O)c1Cn1nc(C(F)F)cc1C. The average Bonchev–Trinajstić information content (AvgIpc) is 2.85. The fraction of sp³-hybridized carbons (Fsp3) is 0.364. The number of carboxylic acid groups (broad SMARTS) is 1. The summed E-state index contributed by atoms with van der Waals surface area (Å²) >= 11 is 0. The smallest absolute Gasteiger partial charge is 0.358 e. The van der Waals surface area contributed by atoms with Gasteiger partial charge in [0.15, 0.2) is 5.69 Å². The van der Waals surface area contributed by atoms with E-state index in [-0.39, 0.29) is 17.9 Å². The molecule has 0 unspecified atom stereocenters. The van der Waals surface area contributed by atoms with Gasteiger partial charge in [0, 0.05) is 5.69 Å². The topological polar surface area (TPSA) is 81.1 Å². The first-order chi connectivity index (χ1) is 8.90. The van der Waals surface area contributed by atoms with Crippen molar-refractivity contribution in [2.45, 2.75) is 26.8 Å². The maximum Gasteiger partial charge on any atom is 0.358 e. The van der Waals surface area contributed by atoms with Gasteiger partial charge in [0.2, 0.25) is 0 Å². The van der Waals surface area contributed by atoms with Gasteiger partial charge >= 0.3 is 5.97 Å². The van der Waals surface area contributed by atoms with Gasteiger partial charge in [-0.1, -0.05) is 5.16 Å². The van der Waals surface area contributed by atoms with E-state index >= 15 is 0 Å². The molecule has 0 saturated carbocycles. The highest BCUT2D eigenvalue weighted by atomic mass is 19.3. The number of nitrogens with zero attached hydrogens (tertiary/aromatic N) is 3. The Balaban J connectivity index is 2.36. The van der Waals surface area contributed by atoms with Crippen LogP contribution in [0.1, 0.15) is 39.6 Å². The number of hydrogen-bond donors (Lipinski definition) is 1. The highest BCUT2D eigenvalue weighted by Gasteiger charge is 2.21. The first-order valence-electron chi connectivity index (χ1n) is 5.41. The maximum absolute atomic E-state index is 12.5. The zero-order valence-electron chi connectivity index (χ0n) is 10.2. The molecule has 2 aromatic heterocycles. The first-order valence-corrected chi connectivity index (χ1v) is 5.41. The number of alkyl halides is 2. The van der Waals surface area contributed by atoms with E-state index in [0.29, 0.717) is 17.0 Å². The lowest BCUT2D eigenvalue weighted by molar-refractivity contribution is 0.0684. The summed E-state index contributed by atoms with van der Waals surface area (Å²) in [6, 6.07) is 1.26. The van der Waals surface area contributed by atoms with Gasteiger partial charge in [0.1, 0.15) is 11.5 Å². The summed E-state index contributed by atoms with van der Waals surface area (Å²) in [5.41, 5.74) is 0.251. The van der Waals surface area contributed by atoms with E-state index in [1.165, 1.54) is 10.7 Å². The molecule has 0 amide bonds. The minimum atomic E-state index is -2.66. The van der Waals surface area contributed by atoms with Crippen LogP contribution in [0.4, 0.5) is 8.78 Å². The number of halogens is 2. The summed E-state index contributed by atoms with van der Waals surface area (Å²) in [5.74, 6) is -0.906. The van der Waals surface area contributed by atoms with Crippen molar-refractivity contribution >= 4 is 5.97 Å². The van der Waals surface area contributed by atoms with Gasteiger partial charge in [0.25, 0.3) is 6.43 Å². The van der Waals surface area contributed by atoms with E-state index in [0.717, 1.165) is 0 Å². The molecule has 0 bridgehead atoms. The van der Waals surface area contributed by atoms with Gasteiger partial charge in [-0.05, 0) is 19.9 Å². The predicted octanol–water partition coefficient (Wildman–Crippen LogP) is 2.17. The Morgan fingerprint density at radius 2 is 2.21 bits per heavy atom. The Kier molecular flexibility index (Phi) is 3.32. The van der Waals surface area contributed by atoms with Crippen molar-refractivity contribution in [3.63, 3.8) is 0 Å². The molecule has 8 heteroatoms. The van der Waals surface area contributed by atoms with E-state index in [4.69, 9.17) is 9.63 Å². The van der Waals surface area contributed by atoms with Crippen LogP contribution in [-0.2, 0) is 6.54 Å². The second kappa shape index (κ2) is 4.79. The summed E-state index contributed by atoms with van der Waals surface area (Å²) in [4.78, 5) is 11.0. The second-order valence-electron chi connectivity index (χ2n) is 4.04. The molecule has 6 nitrogen and oxygen atoms in total. The highest BCUT2D eigenvalue weighted by molar-refractivity contribution is 5.87. The van der Waals surface area contributed by atoms with E-state index in [1.807, 2.05) is 0 Å². The molecule has 0 fully saturated rings. The molecular formula is C11H11F2N3O3. The Morgan fingerprint density at radius 3 is 2.74 bits per heavy atom. The summed E-state index contributed by atoms with van der Waals surface area (Å²) in [6.07, 6.45) is -2.66. The van der Waals surface area contributed by atoms with Crippen molar-refractivity contribution in [3.8, 4) is 0 Å². The summed E-state index contributed by atoms with van der Waals surface area (Å²) in [7, 11) is 0. The molecule has 2 aromatic rings. The fourth-order valence-corrected chi connectivity index (χ4v) is 1.70. The van der Waals surface area contributed by atoms with Crippen molar-refractivity contribution in [1.29, 1.82) is 0 Å². The number of hydrogen-bond acceptors (Lipinski definition) is 4. The number of aromatic nitrogens is 3. The highest BCUT2D eigenvalue weighted by Crippen LogP contribution is 2.20. The van der Waals surface area contributed by atoms with Crippen LogP contribution in [0.2, 0.25) is 0 Å². The molecule has 2 rings (SSSR count). The Hall–Kier alpha value is -2.25. The predicted molar refractivity (Wildman–Crippen MR) is 59.2 cm³/mol. The molecule has 0 aliphatic rings. The fourth-order valence-electron chi connectivity index (χ4n) is 1.70. The number of carboxylic acids is 1. The molecule has 0 spiro atoms. The van der Waals surface area contributed by atoms with Crippen LogP contribution in [0.3, 0.4) is 0 Å². The molecular weight excluding hydrogens is 260 g/mol. The van der Waals surface area contributed by atoms with Crippen molar-refractivity contribution in [2.75, 3.05) is 0 Å². The number of rotatable bonds is 4. The standard InChI is InChI=1S/C11H11F2N3O3/c1-5-3-8(10(12)13)14-16(5)4-7-6(2)19-15-9(7)11(17)18/h3,10H,4H2,1-2H3,(H,17,18). The summed E-state index contributed by atoms with van der Waals surface area (Å²) < 4.78 is 31.2. The monoisotopic (exact) mass is 271 g/mol. The third kappa shape index (κ3) is 2.47. The average molecular weight is 271 g/mol. The van der Waals surface area contributed by atoms with Gasteiger partial charge in [-0.15, -0.1) is 0 Å². The van der Waals surface area contributed by atoms with Crippen LogP contribution in [0, 0.1) is 13.8 Å². The number of aryl methyl sites for hydroxylation is 2. The lowest BCUT2D eigenvalue weighted by Gasteiger charge is -2.03. The summed E-state index contributed by atoms with van der Waals surface area (Å²) in [6.45, 7) is 3.19. The van der Waals surface area contributed by atoms with Crippen molar-refractivity contribution in [3.05, 3.63) is 34.5 Å². The van der Waals surface area contributed by atoms with Crippen LogP contribution in [-0.4, -0.2) is 26.0 Å². The lowest BCUT2D eigenvalue weighted by Crippen LogP contribution is -2.09. The van der Waals surface area contributed by atoms with Gasteiger partial charge in [-0.2, -0.15) is 5.10 Å². The van der Waals surface area contributed by atoms with E-state index in [9.17, 15) is 13.6 Å². The molecule has 0 aliphatic heterocycles. The van der Waals surface area contributed by atoms with Gasteiger partial charge in [-0.25, -0.2) is 13.6 Å². The van der Waals surface area contributed by atoms with Crippen molar-refractivity contribution < 1.29 is 23.2 Å². The third-order valence-electron chi connectivity index (χ3n) is 2.72. The van der Waals surface area contributed by atoms with Crippen molar-refractivity contribution in [1.82, 2.24) is 14.9 Å². The van der Waals surface area contributed by atoms with Crippen LogP contribution in [0.5, 0.6) is 0 Å². The molecule has 1 N–H and O–H groups in total. The molecule has 0 atom stereocenters. The molecule has 102 valence electrons. The molecule has 19 heavy (non-hydrogen) atoms. The maximum atomic E-state index is 12.5. The molecule has 0 aliphatic carbocycles. The molecule has 0 aromatic carbocycles. The molecule has 0 saturated heterocycles. The van der Waals surface area contributed by atoms with Gasteiger partial charge in [0.05, 0.1) is 12.1 Å². The van der Waals surface area contributed by atoms with E-state index in [1.54, 1.807) is 13.8 Å². The van der Waals surface area contributed by atoms with Crippen molar-refractivity contribution in [2.24, 2.45) is 0 Å². The van der Waals surface area contributed by atoms with Crippen LogP contribution >= 0.6 is 0 Å². The van der Waals surface area contributed by atoms with Crippen LogP contribution < -0.4 is 0 Å². The van der Waals surface area contributed by atoms with E-state index < -0.39 is 12.4 Å². The minimum Gasteiger partial charge on any atom is -0.476 e. The third-order valence-corrected chi connectivity index (χ3v) is 2.72. The number of aromatic carboxylic acids is 1. The molecule has 2 heterocycles. The largest absolute Gasteiger partial charge is 0.476 e. The Bertz CT molecular complexity index is 619. The zero-order chi connectivity index (χ0) is 14.2. The Morgan fingerprint density at radius 1 is 1.53 bits per heavy atom. The Labute approximate surface area is 106 Å². The minimum absolute atomic E-state index is 0.0233.